The van der Waals surface area contributed by atoms with Crippen LogP contribution in [0.1, 0.15) is 0 Å². The Labute approximate surface area is 62.2 Å². The molecule has 0 amide bonds. The van der Waals surface area contributed by atoms with Crippen molar-refractivity contribution in [3.8, 4) is 0 Å². The third-order valence-electron chi connectivity index (χ3n) is 0.997. The minimum atomic E-state index is -0.437. The number of hydrogen-bond acceptors (Lipinski definition) is 1. The van der Waals surface area contributed by atoms with E-state index in [0.717, 1.165) is 0 Å². The van der Waals surface area contributed by atoms with Crippen molar-refractivity contribution in [2.75, 3.05) is 0 Å². The Bertz CT molecular complexity index is 154. The fourth-order valence-corrected chi connectivity index (χ4v) is 1.55. The first kappa shape index (κ1) is 8.69. The van der Waals surface area contributed by atoms with Crippen LogP contribution in [0, 0.1) is 0 Å². The third kappa shape index (κ3) is 2.65. The molecule has 1 nitrogen and oxygen atoms in total. The van der Waals surface area contributed by atoms with Crippen LogP contribution in [0.25, 0.3) is 0 Å². The van der Waals surface area contributed by atoms with E-state index in [9.17, 15) is 0 Å². The summed E-state index contributed by atoms with van der Waals surface area (Å²) in [6, 6.07) is 10.2. The van der Waals surface area contributed by atoms with E-state index in [2.05, 4.69) is 12.1 Å². The van der Waals surface area contributed by atoms with E-state index in [4.69, 9.17) is 11.1 Å². The number of rotatable bonds is 1. The first-order valence-corrected chi connectivity index (χ1v) is 5.38. The van der Waals surface area contributed by atoms with Crippen molar-refractivity contribution in [3.63, 3.8) is 0 Å². The van der Waals surface area contributed by atoms with Crippen LogP contribution in [0.4, 0.5) is 0 Å². The van der Waals surface area contributed by atoms with Gasteiger partial charge >= 0.3 is 0 Å². The van der Waals surface area contributed by atoms with Gasteiger partial charge in [0.25, 0.3) is 0 Å². The SMILES string of the molecule is Cl[SiH2]c1ccccc1.N. The highest BCUT2D eigenvalue weighted by atomic mass is 35.6. The lowest BCUT2D eigenvalue weighted by Crippen LogP contribution is -2.05. The summed E-state index contributed by atoms with van der Waals surface area (Å²) < 4.78 is 0. The summed E-state index contributed by atoms with van der Waals surface area (Å²) in [6.07, 6.45) is 0. The van der Waals surface area contributed by atoms with Gasteiger partial charge in [-0.25, -0.2) is 0 Å². The predicted octanol–water partition coefficient (Wildman–Crippen LogP) is 0.796. The molecule has 0 radical (unpaired) electrons. The van der Waals surface area contributed by atoms with Gasteiger partial charge in [-0.05, 0) is 5.19 Å². The largest absolute Gasteiger partial charge is 0.344 e. The second-order valence-corrected chi connectivity index (χ2v) is 3.50. The molecule has 0 unspecified atom stereocenters. The van der Waals surface area contributed by atoms with Crippen LogP contribution in [-0.2, 0) is 0 Å². The Hall–Kier alpha value is -0.313. The number of halogens is 1. The van der Waals surface area contributed by atoms with Crippen molar-refractivity contribution in [2.24, 2.45) is 0 Å². The van der Waals surface area contributed by atoms with Crippen LogP contribution in [0.5, 0.6) is 0 Å². The van der Waals surface area contributed by atoms with E-state index in [0.29, 0.717) is 0 Å². The van der Waals surface area contributed by atoms with Crippen molar-refractivity contribution in [1.29, 1.82) is 0 Å². The van der Waals surface area contributed by atoms with Crippen molar-refractivity contribution in [3.05, 3.63) is 30.3 Å². The first-order valence-electron chi connectivity index (χ1n) is 2.53. The molecule has 0 atom stereocenters. The lowest BCUT2D eigenvalue weighted by molar-refractivity contribution is 1.77. The molecular formula is C6H10ClNSi. The zero-order valence-corrected chi connectivity index (χ0v) is 7.35. The van der Waals surface area contributed by atoms with Gasteiger partial charge in [-0.2, -0.15) is 11.1 Å². The van der Waals surface area contributed by atoms with E-state index in [1.54, 1.807) is 0 Å². The summed E-state index contributed by atoms with van der Waals surface area (Å²) in [5.41, 5.74) is 0. The van der Waals surface area contributed by atoms with Crippen LogP contribution in [0.2, 0.25) is 0 Å². The zero-order valence-electron chi connectivity index (χ0n) is 5.18. The van der Waals surface area contributed by atoms with Crippen LogP contribution in [0.15, 0.2) is 30.3 Å². The van der Waals surface area contributed by atoms with Gasteiger partial charge in [0.15, 0.2) is 8.83 Å². The lowest BCUT2D eigenvalue weighted by Gasteiger charge is -1.87. The average molecular weight is 160 g/mol. The minimum absolute atomic E-state index is 0. The predicted molar refractivity (Wildman–Crippen MR) is 45.5 cm³/mol. The number of benzene rings is 1. The fourth-order valence-electron chi connectivity index (χ4n) is 0.567. The number of hydrogen-bond donors (Lipinski definition) is 1. The highest BCUT2D eigenvalue weighted by molar-refractivity contribution is 7.01. The topological polar surface area (TPSA) is 35.0 Å². The van der Waals surface area contributed by atoms with Crippen molar-refractivity contribution < 1.29 is 0 Å². The third-order valence-corrected chi connectivity index (χ3v) is 2.70. The Balaban J connectivity index is 0.000000640. The molecule has 0 saturated heterocycles. The first-order chi connectivity index (χ1) is 3.93. The molecule has 0 heterocycles. The second kappa shape index (κ2) is 4.55. The molecule has 0 bridgehead atoms. The van der Waals surface area contributed by atoms with Crippen LogP contribution >= 0.6 is 11.1 Å². The van der Waals surface area contributed by atoms with Crippen molar-refractivity contribution in [1.82, 2.24) is 6.15 Å². The molecule has 1 aromatic carbocycles. The summed E-state index contributed by atoms with van der Waals surface area (Å²) in [4.78, 5) is 0. The molecule has 0 aromatic heterocycles. The molecule has 0 aliphatic heterocycles. The monoisotopic (exact) mass is 159 g/mol. The summed E-state index contributed by atoms with van der Waals surface area (Å²) in [5.74, 6) is 0. The molecule has 1 aromatic rings. The smallest absolute Gasteiger partial charge is 0.155 e. The van der Waals surface area contributed by atoms with Gasteiger partial charge in [0.1, 0.15) is 0 Å². The van der Waals surface area contributed by atoms with E-state index in [1.807, 2.05) is 18.2 Å². The summed E-state index contributed by atoms with van der Waals surface area (Å²) in [6.45, 7) is 0. The van der Waals surface area contributed by atoms with E-state index in [1.165, 1.54) is 5.19 Å². The highest BCUT2D eigenvalue weighted by Gasteiger charge is 1.83. The van der Waals surface area contributed by atoms with E-state index in [-0.39, 0.29) is 6.15 Å². The van der Waals surface area contributed by atoms with Crippen LogP contribution < -0.4 is 11.3 Å². The van der Waals surface area contributed by atoms with Gasteiger partial charge in [0, 0.05) is 0 Å². The highest BCUT2D eigenvalue weighted by Crippen LogP contribution is 1.81. The van der Waals surface area contributed by atoms with Gasteiger partial charge in [-0.3, -0.25) is 0 Å². The maximum atomic E-state index is 5.67. The molecule has 0 aliphatic carbocycles. The quantitative estimate of drug-likeness (QED) is 0.478. The molecule has 0 aliphatic rings. The van der Waals surface area contributed by atoms with Crippen molar-refractivity contribution >= 4 is 25.1 Å². The van der Waals surface area contributed by atoms with Gasteiger partial charge in [0.05, 0.1) is 0 Å². The second-order valence-electron chi connectivity index (χ2n) is 1.62. The maximum Gasteiger partial charge on any atom is 0.155 e. The van der Waals surface area contributed by atoms with Gasteiger partial charge in [0.2, 0.25) is 0 Å². The Morgan fingerprint density at radius 2 is 1.67 bits per heavy atom. The summed E-state index contributed by atoms with van der Waals surface area (Å²) in [5, 5.41) is 1.31. The van der Waals surface area contributed by atoms with E-state index < -0.39 is 8.83 Å². The Morgan fingerprint density at radius 1 is 1.11 bits per heavy atom. The average Bonchev–Trinajstić information content (AvgIpc) is 1.90. The normalized spacial score (nSPS) is 9.44. The Kier molecular flexibility index (Phi) is 4.40. The summed E-state index contributed by atoms with van der Waals surface area (Å²) >= 11 is 5.67. The van der Waals surface area contributed by atoms with Gasteiger partial charge in [-0.1, -0.05) is 30.3 Å². The molecule has 1 rings (SSSR count). The molecule has 3 heteroatoms. The molecule has 50 valence electrons. The summed E-state index contributed by atoms with van der Waals surface area (Å²) in [7, 11) is -0.437. The molecule has 3 N–H and O–H groups in total. The standard InChI is InChI=1S/C6H7ClSi.H3N/c7-8-6-4-2-1-3-5-6;/h1-5H,8H2;1H3. The molecule has 0 fully saturated rings. The van der Waals surface area contributed by atoms with Gasteiger partial charge in [-0.15, -0.1) is 0 Å². The molecule has 0 spiro atoms. The molecule has 0 saturated carbocycles. The van der Waals surface area contributed by atoms with E-state index >= 15 is 0 Å². The lowest BCUT2D eigenvalue weighted by atomic mass is 10.4. The van der Waals surface area contributed by atoms with Crippen molar-refractivity contribution in [2.45, 2.75) is 0 Å². The minimum Gasteiger partial charge on any atom is -0.344 e. The molecule has 9 heavy (non-hydrogen) atoms. The van der Waals surface area contributed by atoms with Gasteiger partial charge < -0.3 is 6.15 Å². The zero-order chi connectivity index (χ0) is 5.82. The van der Waals surface area contributed by atoms with Crippen LogP contribution in [0.3, 0.4) is 0 Å². The van der Waals surface area contributed by atoms with Crippen LogP contribution in [-0.4, -0.2) is 8.83 Å². The Morgan fingerprint density at radius 3 is 2.00 bits per heavy atom. The maximum absolute atomic E-state index is 5.67. The molecular weight excluding hydrogens is 150 g/mol. The fraction of sp³-hybridized carbons (Fsp3) is 0.